The predicted octanol–water partition coefficient (Wildman–Crippen LogP) is 3.91. The van der Waals surface area contributed by atoms with Gasteiger partial charge in [-0.3, -0.25) is 9.59 Å². The quantitative estimate of drug-likeness (QED) is 0.345. The van der Waals surface area contributed by atoms with Gasteiger partial charge < -0.3 is 15.0 Å². The Balaban J connectivity index is 1.42. The highest BCUT2D eigenvalue weighted by Gasteiger charge is 2.33. The summed E-state index contributed by atoms with van der Waals surface area (Å²) in [6.07, 6.45) is 2.58. The van der Waals surface area contributed by atoms with E-state index in [2.05, 4.69) is 40.8 Å². The van der Waals surface area contributed by atoms with Crippen LogP contribution in [0.25, 0.3) is 11.0 Å². The maximum absolute atomic E-state index is 13.9. The van der Waals surface area contributed by atoms with E-state index in [0.29, 0.717) is 19.5 Å². The molecule has 3 heterocycles. The van der Waals surface area contributed by atoms with Gasteiger partial charge in [0.05, 0.1) is 11.6 Å². The third-order valence-corrected chi connectivity index (χ3v) is 7.57. The lowest BCUT2D eigenvalue weighted by atomic mass is 10.1. The summed E-state index contributed by atoms with van der Waals surface area (Å²) in [4.78, 5) is 30.0. The van der Waals surface area contributed by atoms with Gasteiger partial charge in [0.1, 0.15) is 18.1 Å². The number of carbonyl (C=O) groups excluding carboxylic acids is 2. The van der Waals surface area contributed by atoms with Gasteiger partial charge in [-0.15, -0.1) is 16.4 Å². The zero-order valence-corrected chi connectivity index (χ0v) is 21.7. The second-order valence-electron chi connectivity index (χ2n) is 9.36. The van der Waals surface area contributed by atoms with E-state index in [1.54, 1.807) is 9.58 Å². The molecule has 2 atom stereocenters. The number of amides is 2. The van der Waals surface area contributed by atoms with Gasteiger partial charge in [-0.2, -0.15) is 0 Å². The summed E-state index contributed by atoms with van der Waals surface area (Å²) in [6.45, 7) is 3.60. The number of aryl methyl sites for hydroxylation is 1. The van der Waals surface area contributed by atoms with E-state index in [0.717, 1.165) is 46.5 Å². The van der Waals surface area contributed by atoms with E-state index in [1.807, 2.05) is 47.8 Å². The van der Waals surface area contributed by atoms with Crippen molar-refractivity contribution in [3.8, 4) is 0 Å². The molecule has 0 aliphatic carbocycles. The largest absolute Gasteiger partial charge is 0.376 e. The van der Waals surface area contributed by atoms with Gasteiger partial charge in [-0.1, -0.05) is 53.2 Å². The molecule has 9 heteroatoms. The van der Waals surface area contributed by atoms with Crippen molar-refractivity contribution in [1.29, 1.82) is 0 Å². The Morgan fingerprint density at radius 1 is 1.19 bits per heavy atom. The monoisotopic (exact) mass is 517 g/mol. The fraction of sp³-hybridized carbons (Fsp3) is 0.357. The van der Waals surface area contributed by atoms with Crippen LogP contribution in [0, 0.1) is 6.92 Å². The number of hydrogen-bond donors (Lipinski definition) is 1. The van der Waals surface area contributed by atoms with E-state index in [9.17, 15) is 9.59 Å². The molecule has 4 aromatic rings. The Labute approximate surface area is 220 Å². The average molecular weight is 518 g/mol. The Morgan fingerprint density at radius 3 is 2.86 bits per heavy atom. The standard InChI is InChI=1S/C28H31N5O3S/c1-20-7-4-8-21(17-20)13-14-32(26(34)19-33-24-11-3-2-10-23(24)30-31-33)27(25-12-6-16-37-25)28(35)29-18-22-9-5-15-36-22/h2-4,6-8,10-12,16-17,22,27H,5,9,13-15,18-19H2,1H3,(H,29,35)/t22-,27-/m0/s1. The Morgan fingerprint density at radius 2 is 2.08 bits per heavy atom. The summed E-state index contributed by atoms with van der Waals surface area (Å²) >= 11 is 1.48. The number of carbonyl (C=O) groups is 2. The van der Waals surface area contributed by atoms with Crippen molar-refractivity contribution >= 4 is 34.2 Å². The number of aromatic nitrogens is 3. The van der Waals surface area contributed by atoms with Crippen LogP contribution in [-0.2, 0) is 27.3 Å². The van der Waals surface area contributed by atoms with Gasteiger partial charge >= 0.3 is 0 Å². The first-order valence-corrected chi connectivity index (χ1v) is 13.5. The first kappa shape index (κ1) is 25.1. The first-order chi connectivity index (χ1) is 18.1. The molecule has 37 heavy (non-hydrogen) atoms. The molecule has 0 bridgehead atoms. The number of nitrogens with zero attached hydrogens (tertiary/aromatic N) is 4. The van der Waals surface area contributed by atoms with Crippen LogP contribution in [0.4, 0.5) is 0 Å². The lowest BCUT2D eigenvalue weighted by Gasteiger charge is -2.31. The lowest BCUT2D eigenvalue weighted by molar-refractivity contribution is -0.141. The second-order valence-corrected chi connectivity index (χ2v) is 10.3. The molecule has 8 nitrogen and oxygen atoms in total. The molecular weight excluding hydrogens is 486 g/mol. The zero-order valence-electron chi connectivity index (χ0n) is 20.9. The number of para-hydroxylation sites is 1. The lowest BCUT2D eigenvalue weighted by Crippen LogP contribution is -2.46. The van der Waals surface area contributed by atoms with Crippen LogP contribution < -0.4 is 5.32 Å². The number of thiophene rings is 1. The van der Waals surface area contributed by atoms with E-state index in [-0.39, 0.29) is 24.5 Å². The van der Waals surface area contributed by atoms with Crippen LogP contribution in [-0.4, -0.2) is 57.5 Å². The van der Waals surface area contributed by atoms with Crippen molar-refractivity contribution in [3.63, 3.8) is 0 Å². The summed E-state index contributed by atoms with van der Waals surface area (Å²) in [5, 5.41) is 13.4. The minimum Gasteiger partial charge on any atom is -0.376 e. The van der Waals surface area contributed by atoms with Gasteiger partial charge in [0.2, 0.25) is 11.8 Å². The maximum atomic E-state index is 13.9. The predicted molar refractivity (Wildman–Crippen MR) is 143 cm³/mol. The van der Waals surface area contributed by atoms with Crippen molar-refractivity contribution in [1.82, 2.24) is 25.2 Å². The summed E-state index contributed by atoms with van der Waals surface area (Å²) in [7, 11) is 0. The van der Waals surface area contributed by atoms with Gasteiger partial charge in [-0.05, 0) is 55.3 Å². The molecule has 2 amide bonds. The maximum Gasteiger partial charge on any atom is 0.248 e. The third-order valence-electron chi connectivity index (χ3n) is 6.65. The number of nitrogens with one attached hydrogen (secondary N) is 1. The number of hydrogen-bond acceptors (Lipinski definition) is 6. The van der Waals surface area contributed by atoms with E-state index in [4.69, 9.17) is 4.74 Å². The van der Waals surface area contributed by atoms with Crippen LogP contribution in [0.5, 0.6) is 0 Å². The van der Waals surface area contributed by atoms with Crippen molar-refractivity contribution < 1.29 is 14.3 Å². The summed E-state index contributed by atoms with van der Waals surface area (Å²) < 4.78 is 7.30. The van der Waals surface area contributed by atoms with Crippen LogP contribution in [0.15, 0.2) is 66.0 Å². The van der Waals surface area contributed by atoms with Crippen molar-refractivity contribution in [2.45, 2.75) is 44.9 Å². The van der Waals surface area contributed by atoms with Gasteiger partial charge in [0, 0.05) is 24.6 Å². The van der Waals surface area contributed by atoms with Gasteiger partial charge in [0.15, 0.2) is 0 Å². The molecule has 2 aromatic carbocycles. The van der Waals surface area contributed by atoms with E-state index < -0.39 is 6.04 Å². The highest BCUT2D eigenvalue weighted by molar-refractivity contribution is 7.10. The molecule has 1 aliphatic rings. The fourth-order valence-corrected chi connectivity index (χ4v) is 5.59. The highest BCUT2D eigenvalue weighted by Crippen LogP contribution is 2.27. The summed E-state index contributed by atoms with van der Waals surface area (Å²) in [6, 6.07) is 18.9. The molecule has 0 spiro atoms. The zero-order chi connectivity index (χ0) is 25.6. The summed E-state index contributed by atoms with van der Waals surface area (Å²) in [5.41, 5.74) is 3.79. The Hall–Kier alpha value is -3.56. The average Bonchev–Trinajstić information content (AvgIpc) is 3.68. The van der Waals surface area contributed by atoms with Gasteiger partial charge in [0.25, 0.3) is 0 Å². The Bertz CT molecular complexity index is 1350. The normalized spacial score (nSPS) is 16.1. The van der Waals surface area contributed by atoms with Crippen LogP contribution in [0.1, 0.15) is 34.9 Å². The fourth-order valence-electron chi connectivity index (χ4n) is 4.76. The molecular formula is C28H31N5O3S. The van der Waals surface area contributed by atoms with Gasteiger partial charge in [-0.25, -0.2) is 4.68 Å². The molecule has 5 rings (SSSR count). The molecule has 192 valence electrons. The summed E-state index contributed by atoms with van der Waals surface area (Å²) in [5.74, 6) is -0.382. The molecule has 2 aromatic heterocycles. The number of rotatable bonds is 10. The minimum absolute atomic E-state index is 0.00474. The van der Waals surface area contributed by atoms with Crippen molar-refractivity contribution in [3.05, 3.63) is 82.0 Å². The third kappa shape index (κ3) is 6.06. The molecule has 0 radical (unpaired) electrons. The SMILES string of the molecule is Cc1cccc(CCN(C(=O)Cn2nnc3ccccc32)[C@H](C(=O)NC[C@@H]2CCCO2)c2cccs2)c1. The smallest absolute Gasteiger partial charge is 0.248 e. The highest BCUT2D eigenvalue weighted by atomic mass is 32.1. The van der Waals surface area contributed by atoms with E-state index in [1.165, 1.54) is 11.3 Å². The molecule has 0 saturated carbocycles. The molecule has 0 unspecified atom stereocenters. The van der Waals surface area contributed by atoms with Crippen LogP contribution >= 0.6 is 11.3 Å². The minimum atomic E-state index is -0.742. The number of benzene rings is 2. The number of fused-ring (bicyclic) bond motifs is 1. The van der Waals surface area contributed by atoms with Crippen LogP contribution in [0.3, 0.4) is 0 Å². The topological polar surface area (TPSA) is 89.4 Å². The Kier molecular flexibility index (Phi) is 7.91. The van der Waals surface area contributed by atoms with E-state index >= 15 is 0 Å². The number of ether oxygens (including phenoxy) is 1. The van der Waals surface area contributed by atoms with Crippen molar-refractivity contribution in [2.24, 2.45) is 0 Å². The molecule has 1 aliphatic heterocycles. The molecule has 1 N–H and O–H groups in total. The van der Waals surface area contributed by atoms with Crippen molar-refractivity contribution in [2.75, 3.05) is 19.7 Å². The molecule has 1 fully saturated rings. The molecule has 1 saturated heterocycles. The second kappa shape index (κ2) is 11.7. The first-order valence-electron chi connectivity index (χ1n) is 12.6. The van der Waals surface area contributed by atoms with Crippen LogP contribution in [0.2, 0.25) is 0 Å².